The molecule has 2 heterocycles. The number of ketones is 1. The first-order valence-corrected chi connectivity index (χ1v) is 10.9. The summed E-state index contributed by atoms with van der Waals surface area (Å²) in [7, 11) is 0. The molecule has 0 radical (unpaired) electrons. The third kappa shape index (κ3) is 4.42. The summed E-state index contributed by atoms with van der Waals surface area (Å²) in [6, 6.07) is 16.0. The molecule has 1 aliphatic heterocycles. The second kappa shape index (κ2) is 9.19. The van der Waals surface area contributed by atoms with E-state index >= 15 is 0 Å². The molecular formula is C23H24N4O2S. The van der Waals surface area contributed by atoms with Crippen LogP contribution in [0.2, 0.25) is 0 Å². The number of benzene rings is 2. The van der Waals surface area contributed by atoms with Gasteiger partial charge in [-0.2, -0.15) is 0 Å². The molecule has 1 unspecified atom stereocenters. The second-order valence-electron chi connectivity index (χ2n) is 7.24. The largest absolute Gasteiger partial charge is 0.346 e. The Morgan fingerprint density at radius 1 is 1.00 bits per heavy atom. The summed E-state index contributed by atoms with van der Waals surface area (Å²) in [5, 5.41) is 5.98. The number of hydrogen-bond donors (Lipinski definition) is 1. The van der Waals surface area contributed by atoms with Gasteiger partial charge in [0.05, 0.1) is 11.7 Å². The Morgan fingerprint density at radius 3 is 2.40 bits per heavy atom. The Hall–Kier alpha value is -3.03. The van der Waals surface area contributed by atoms with E-state index in [0.717, 1.165) is 31.3 Å². The van der Waals surface area contributed by atoms with E-state index in [1.807, 2.05) is 48.8 Å². The van der Waals surface area contributed by atoms with Gasteiger partial charge >= 0.3 is 0 Å². The molecule has 154 valence electrons. The number of carbonyl (C=O) groups is 2. The minimum atomic E-state index is -0.289. The molecular weight excluding hydrogens is 396 g/mol. The highest BCUT2D eigenvalue weighted by atomic mass is 32.1. The summed E-state index contributed by atoms with van der Waals surface area (Å²) >= 11 is 1.63. The smallest absolute Gasteiger partial charge is 0.241 e. The first-order valence-electron chi connectivity index (χ1n) is 10.0. The van der Waals surface area contributed by atoms with Gasteiger partial charge in [0.15, 0.2) is 10.9 Å². The number of nitrogens with one attached hydrogen (secondary N) is 1. The van der Waals surface area contributed by atoms with Crippen LogP contribution in [0.4, 0.5) is 10.8 Å². The average molecular weight is 421 g/mol. The van der Waals surface area contributed by atoms with Gasteiger partial charge in [0, 0.05) is 48.9 Å². The van der Waals surface area contributed by atoms with E-state index in [9.17, 15) is 9.59 Å². The van der Waals surface area contributed by atoms with Gasteiger partial charge in [-0.05, 0) is 19.1 Å². The zero-order valence-corrected chi connectivity index (χ0v) is 17.6. The first-order chi connectivity index (χ1) is 14.6. The molecule has 2 aromatic carbocycles. The monoisotopic (exact) mass is 420 g/mol. The molecule has 0 aliphatic carbocycles. The molecule has 1 N–H and O–H groups in total. The van der Waals surface area contributed by atoms with Crippen LogP contribution in [0.15, 0.2) is 66.2 Å². The van der Waals surface area contributed by atoms with Crippen LogP contribution in [0.3, 0.4) is 0 Å². The van der Waals surface area contributed by atoms with Crippen LogP contribution in [-0.4, -0.2) is 53.8 Å². The quantitative estimate of drug-likeness (QED) is 0.618. The Balaban J connectivity index is 1.41. The van der Waals surface area contributed by atoms with E-state index in [1.54, 1.807) is 35.6 Å². The van der Waals surface area contributed by atoms with Gasteiger partial charge in [-0.3, -0.25) is 14.5 Å². The number of nitrogens with zero attached hydrogens (tertiary/aromatic N) is 3. The molecule has 30 heavy (non-hydrogen) atoms. The van der Waals surface area contributed by atoms with E-state index in [-0.39, 0.29) is 17.7 Å². The van der Waals surface area contributed by atoms with Crippen LogP contribution in [0.5, 0.6) is 0 Å². The van der Waals surface area contributed by atoms with Crippen molar-refractivity contribution in [2.45, 2.75) is 13.0 Å². The predicted octanol–water partition coefficient (Wildman–Crippen LogP) is 3.52. The van der Waals surface area contributed by atoms with Gasteiger partial charge in [0.1, 0.15) is 0 Å². The first kappa shape index (κ1) is 20.3. The highest BCUT2D eigenvalue weighted by molar-refractivity contribution is 7.13. The summed E-state index contributed by atoms with van der Waals surface area (Å²) in [4.78, 5) is 34.6. The van der Waals surface area contributed by atoms with Crippen molar-refractivity contribution in [1.82, 2.24) is 9.88 Å². The lowest BCUT2D eigenvalue weighted by Gasteiger charge is -2.37. The molecule has 6 nitrogen and oxygen atoms in total. The molecule has 1 aromatic heterocycles. The maximum Gasteiger partial charge on any atom is 0.241 e. The lowest BCUT2D eigenvalue weighted by Crippen LogP contribution is -2.52. The topological polar surface area (TPSA) is 65.5 Å². The summed E-state index contributed by atoms with van der Waals surface area (Å²) in [5.41, 5.74) is 1.65. The molecule has 0 bridgehead atoms. The lowest BCUT2D eigenvalue weighted by molar-refractivity contribution is -0.120. The van der Waals surface area contributed by atoms with Crippen molar-refractivity contribution >= 4 is 33.8 Å². The van der Waals surface area contributed by atoms with Crippen molar-refractivity contribution in [2.75, 3.05) is 36.4 Å². The zero-order chi connectivity index (χ0) is 20.9. The average Bonchev–Trinajstić information content (AvgIpc) is 3.34. The summed E-state index contributed by atoms with van der Waals surface area (Å²) in [6.07, 6.45) is 1.82. The normalized spacial score (nSPS) is 15.6. The number of anilines is 2. The van der Waals surface area contributed by atoms with Crippen molar-refractivity contribution in [3.05, 3.63) is 77.3 Å². The van der Waals surface area contributed by atoms with E-state index < -0.39 is 0 Å². The van der Waals surface area contributed by atoms with Gasteiger partial charge in [-0.1, -0.05) is 42.5 Å². The Bertz CT molecular complexity index is 999. The number of hydrogen-bond acceptors (Lipinski definition) is 6. The molecule has 1 aliphatic rings. The minimum Gasteiger partial charge on any atom is -0.346 e. The maximum atomic E-state index is 12.9. The van der Waals surface area contributed by atoms with Crippen LogP contribution < -0.4 is 10.2 Å². The molecule has 4 rings (SSSR count). The molecule has 1 saturated heterocycles. The number of aromatic nitrogens is 1. The van der Waals surface area contributed by atoms with E-state index in [0.29, 0.717) is 16.8 Å². The van der Waals surface area contributed by atoms with Gasteiger partial charge in [0.2, 0.25) is 5.91 Å². The third-order valence-corrected chi connectivity index (χ3v) is 6.23. The SMILES string of the molecule is CC(C(=O)Nc1ccccc1C(=O)c1ccccc1)N1CCN(c2nccs2)CC1. The van der Waals surface area contributed by atoms with Gasteiger partial charge in [0.25, 0.3) is 0 Å². The zero-order valence-electron chi connectivity index (χ0n) is 16.8. The lowest BCUT2D eigenvalue weighted by atomic mass is 10.0. The van der Waals surface area contributed by atoms with E-state index in [2.05, 4.69) is 20.1 Å². The number of thiazole rings is 1. The van der Waals surface area contributed by atoms with Crippen LogP contribution in [0.25, 0.3) is 0 Å². The summed E-state index contributed by atoms with van der Waals surface area (Å²) < 4.78 is 0. The number of carbonyl (C=O) groups excluding carboxylic acids is 2. The van der Waals surface area contributed by atoms with Crippen LogP contribution in [-0.2, 0) is 4.79 Å². The maximum absolute atomic E-state index is 12.9. The number of amides is 1. The molecule has 3 aromatic rings. The Morgan fingerprint density at radius 2 is 1.70 bits per heavy atom. The van der Waals surface area contributed by atoms with E-state index in [1.165, 1.54) is 0 Å². The number of para-hydroxylation sites is 1. The van der Waals surface area contributed by atoms with Crippen molar-refractivity contribution in [1.29, 1.82) is 0 Å². The Labute approximate surface area is 180 Å². The molecule has 1 amide bonds. The van der Waals surface area contributed by atoms with Crippen LogP contribution in [0, 0.1) is 0 Å². The van der Waals surface area contributed by atoms with Gasteiger partial charge < -0.3 is 10.2 Å². The third-order valence-electron chi connectivity index (χ3n) is 5.40. The van der Waals surface area contributed by atoms with Crippen LogP contribution >= 0.6 is 11.3 Å². The standard InChI is InChI=1S/C23H24N4O2S/c1-17(26-12-14-27(15-13-26)23-24-11-16-30-23)22(29)25-20-10-6-5-9-19(20)21(28)18-7-3-2-4-8-18/h2-11,16-17H,12-15H2,1H3,(H,25,29). The highest BCUT2D eigenvalue weighted by Gasteiger charge is 2.27. The number of piperazine rings is 1. The molecule has 7 heteroatoms. The van der Waals surface area contributed by atoms with Gasteiger partial charge in [-0.15, -0.1) is 11.3 Å². The van der Waals surface area contributed by atoms with Gasteiger partial charge in [-0.25, -0.2) is 4.98 Å². The fraction of sp³-hybridized carbons (Fsp3) is 0.261. The molecule has 0 saturated carbocycles. The van der Waals surface area contributed by atoms with Crippen molar-refractivity contribution in [3.63, 3.8) is 0 Å². The predicted molar refractivity (Wildman–Crippen MR) is 120 cm³/mol. The van der Waals surface area contributed by atoms with Crippen LogP contribution in [0.1, 0.15) is 22.8 Å². The Kier molecular flexibility index (Phi) is 6.21. The van der Waals surface area contributed by atoms with Crippen molar-refractivity contribution < 1.29 is 9.59 Å². The van der Waals surface area contributed by atoms with Crippen molar-refractivity contribution in [3.8, 4) is 0 Å². The summed E-state index contributed by atoms with van der Waals surface area (Å²) in [6.45, 7) is 5.18. The van der Waals surface area contributed by atoms with E-state index in [4.69, 9.17) is 0 Å². The fourth-order valence-electron chi connectivity index (χ4n) is 3.61. The molecule has 0 spiro atoms. The minimum absolute atomic E-state index is 0.101. The second-order valence-corrected chi connectivity index (χ2v) is 8.12. The highest BCUT2D eigenvalue weighted by Crippen LogP contribution is 2.22. The molecule has 1 fully saturated rings. The summed E-state index contributed by atoms with van der Waals surface area (Å²) in [5.74, 6) is -0.206. The number of rotatable bonds is 6. The van der Waals surface area contributed by atoms with Crippen molar-refractivity contribution in [2.24, 2.45) is 0 Å². The fourth-order valence-corrected chi connectivity index (χ4v) is 4.31. The molecule has 1 atom stereocenters.